The molecule has 23 heavy (non-hydrogen) atoms. The smallest absolute Gasteiger partial charge is 0.222 e. The van der Waals surface area contributed by atoms with Crippen LogP contribution < -0.4 is 5.73 Å². The number of aromatic nitrogens is 1. The van der Waals surface area contributed by atoms with Crippen LogP contribution in [0.4, 0.5) is 0 Å². The van der Waals surface area contributed by atoms with E-state index in [0.717, 1.165) is 57.0 Å². The van der Waals surface area contributed by atoms with Crippen LogP contribution in [0.1, 0.15) is 43.6 Å². The molecule has 1 aromatic heterocycles. The Hall–Kier alpha value is -1.40. The van der Waals surface area contributed by atoms with E-state index in [1.165, 1.54) is 12.8 Å². The van der Waals surface area contributed by atoms with Crippen LogP contribution in [0.15, 0.2) is 10.6 Å². The van der Waals surface area contributed by atoms with Gasteiger partial charge in [0, 0.05) is 44.7 Å². The minimum atomic E-state index is 0.212. The molecule has 1 saturated carbocycles. The van der Waals surface area contributed by atoms with Crippen LogP contribution in [0.25, 0.3) is 0 Å². The minimum absolute atomic E-state index is 0.212. The Labute approximate surface area is 138 Å². The first-order valence-electron chi connectivity index (χ1n) is 8.80. The van der Waals surface area contributed by atoms with Gasteiger partial charge in [0.1, 0.15) is 0 Å². The van der Waals surface area contributed by atoms with Crippen LogP contribution >= 0.6 is 0 Å². The molecule has 0 spiro atoms. The topological polar surface area (TPSA) is 75.6 Å². The van der Waals surface area contributed by atoms with E-state index < -0.39 is 0 Å². The van der Waals surface area contributed by atoms with Crippen molar-refractivity contribution >= 4 is 5.91 Å². The number of nitrogens with zero attached hydrogens (tertiary/aromatic N) is 3. The van der Waals surface area contributed by atoms with Gasteiger partial charge in [-0.1, -0.05) is 18.0 Å². The summed E-state index contributed by atoms with van der Waals surface area (Å²) in [7, 11) is 0. The molecule has 0 aromatic carbocycles. The molecule has 1 aliphatic carbocycles. The number of rotatable bonds is 4. The molecule has 2 atom stereocenters. The Balaban J connectivity index is 1.43. The monoisotopic (exact) mass is 320 g/mol. The van der Waals surface area contributed by atoms with Crippen LogP contribution in [0, 0.1) is 12.8 Å². The van der Waals surface area contributed by atoms with E-state index in [1.807, 2.05) is 17.9 Å². The third kappa shape index (κ3) is 4.32. The molecule has 1 aliphatic heterocycles. The van der Waals surface area contributed by atoms with Crippen LogP contribution in [0.3, 0.4) is 0 Å². The van der Waals surface area contributed by atoms with Gasteiger partial charge in [0.25, 0.3) is 0 Å². The highest BCUT2D eigenvalue weighted by molar-refractivity contribution is 5.76. The predicted octanol–water partition coefficient (Wildman–Crippen LogP) is 1.53. The summed E-state index contributed by atoms with van der Waals surface area (Å²) in [5.41, 5.74) is 7.09. The van der Waals surface area contributed by atoms with Gasteiger partial charge in [-0.2, -0.15) is 0 Å². The maximum Gasteiger partial charge on any atom is 0.222 e. The van der Waals surface area contributed by atoms with Gasteiger partial charge in [-0.3, -0.25) is 9.69 Å². The maximum absolute atomic E-state index is 12.5. The predicted molar refractivity (Wildman–Crippen MR) is 87.6 cm³/mol. The van der Waals surface area contributed by atoms with Gasteiger partial charge in [-0.25, -0.2) is 0 Å². The molecule has 2 heterocycles. The summed E-state index contributed by atoms with van der Waals surface area (Å²) in [6.45, 7) is 6.09. The largest absolute Gasteiger partial charge is 0.360 e. The van der Waals surface area contributed by atoms with Crippen molar-refractivity contribution in [3.8, 4) is 0 Å². The summed E-state index contributed by atoms with van der Waals surface area (Å²) in [6.07, 6.45) is 5.24. The Morgan fingerprint density at radius 2 is 2.04 bits per heavy atom. The molecule has 1 saturated heterocycles. The van der Waals surface area contributed by atoms with Crippen molar-refractivity contribution in [2.24, 2.45) is 11.7 Å². The van der Waals surface area contributed by atoms with Crippen molar-refractivity contribution < 1.29 is 9.32 Å². The molecule has 0 bridgehead atoms. The summed E-state index contributed by atoms with van der Waals surface area (Å²) < 4.78 is 5.27. The van der Waals surface area contributed by atoms with E-state index in [0.29, 0.717) is 12.3 Å². The van der Waals surface area contributed by atoms with Gasteiger partial charge in [0.15, 0.2) is 5.76 Å². The van der Waals surface area contributed by atoms with Crippen molar-refractivity contribution in [3.05, 3.63) is 17.5 Å². The lowest BCUT2D eigenvalue weighted by molar-refractivity contribution is -0.134. The van der Waals surface area contributed by atoms with Crippen LogP contribution in [0.2, 0.25) is 0 Å². The highest BCUT2D eigenvalue weighted by Crippen LogP contribution is 2.26. The zero-order chi connectivity index (χ0) is 16.2. The minimum Gasteiger partial charge on any atom is -0.360 e. The van der Waals surface area contributed by atoms with E-state index in [1.54, 1.807) is 0 Å². The summed E-state index contributed by atoms with van der Waals surface area (Å²) >= 11 is 0. The highest BCUT2D eigenvalue weighted by atomic mass is 16.5. The summed E-state index contributed by atoms with van der Waals surface area (Å²) in [5, 5.41) is 3.92. The van der Waals surface area contributed by atoms with Crippen LogP contribution in [-0.4, -0.2) is 53.1 Å². The number of nitrogens with two attached hydrogens (primary N) is 1. The van der Waals surface area contributed by atoms with Crippen molar-refractivity contribution in [3.63, 3.8) is 0 Å². The fraction of sp³-hybridized carbons (Fsp3) is 0.765. The average Bonchev–Trinajstić information content (AvgIpc) is 2.95. The summed E-state index contributed by atoms with van der Waals surface area (Å²) in [4.78, 5) is 16.8. The Kier molecular flexibility index (Phi) is 5.33. The Morgan fingerprint density at radius 3 is 2.70 bits per heavy atom. The van der Waals surface area contributed by atoms with Crippen molar-refractivity contribution in [2.45, 2.75) is 51.6 Å². The third-order valence-electron chi connectivity index (χ3n) is 5.19. The van der Waals surface area contributed by atoms with Gasteiger partial charge < -0.3 is 15.2 Å². The highest BCUT2D eigenvalue weighted by Gasteiger charge is 2.28. The normalized spacial score (nSPS) is 26.4. The number of carbonyl (C=O) groups is 1. The first-order chi connectivity index (χ1) is 11.1. The second-order valence-electron chi connectivity index (χ2n) is 7.00. The standard InChI is InChI=1S/C17H28N4O2/c1-13-10-15(23-19-13)12-20-6-8-21(9-7-20)17(22)11-14-4-2-3-5-16(14)18/h10,14,16H,2-9,11-12,18H2,1H3. The molecule has 1 aromatic rings. The lowest BCUT2D eigenvalue weighted by atomic mass is 9.82. The number of aryl methyl sites for hydroxylation is 1. The molecular formula is C17H28N4O2. The van der Waals surface area contributed by atoms with E-state index in [9.17, 15) is 4.79 Å². The van der Waals surface area contributed by atoms with Gasteiger partial charge in [-0.15, -0.1) is 0 Å². The summed E-state index contributed by atoms with van der Waals surface area (Å²) in [5.74, 6) is 1.56. The van der Waals surface area contributed by atoms with Gasteiger partial charge in [-0.05, 0) is 25.7 Å². The van der Waals surface area contributed by atoms with Crippen LogP contribution in [0.5, 0.6) is 0 Å². The second kappa shape index (κ2) is 7.45. The molecular weight excluding hydrogens is 292 g/mol. The molecule has 2 unspecified atom stereocenters. The number of piperazine rings is 1. The SMILES string of the molecule is Cc1cc(CN2CCN(C(=O)CC3CCCCC3N)CC2)on1. The Morgan fingerprint density at radius 1 is 1.30 bits per heavy atom. The quantitative estimate of drug-likeness (QED) is 0.910. The fourth-order valence-corrected chi connectivity index (χ4v) is 3.71. The first kappa shape index (κ1) is 16.5. The van der Waals surface area contributed by atoms with Crippen molar-refractivity contribution in [1.82, 2.24) is 15.0 Å². The lowest BCUT2D eigenvalue weighted by Crippen LogP contribution is -2.49. The number of amides is 1. The van der Waals surface area contributed by atoms with Gasteiger partial charge in [0.2, 0.25) is 5.91 Å². The third-order valence-corrected chi connectivity index (χ3v) is 5.19. The molecule has 6 heteroatoms. The molecule has 6 nitrogen and oxygen atoms in total. The summed E-state index contributed by atoms with van der Waals surface area (Å²) in [6, 6.07) is 2.19. The maximum atomic E-state index is 12.5. The molecule has 1 amide bonds. The lowest BCUT2D eigenvalue weighted by Gasteiger charge is -2.36. The molecule has 2 aliphatic rings. The van der Waals surface area contributed by atoms with Crippen LogP contribution in [-0.2, 0) is 11.3 Å². The molecule has 2 N–H and O–H groups in total. The van der Waals surface area contributed by atoms with E-state index in [4.69, 9.17) is 10.3 Å². The molecule has 128 valence electrons. The molecule has 0 radical (unpaired) electrons. The number of hydrogen-bond donors (Lipinski definition) is 1. The van der Waals surface area contributed by atoms with Crippen molar-refractivity contribution in [2.75, 3.05) is 26.2 Å². The zero-order valence-corrected chi connectivity index (χ0v) is 14.0. The average molecular weight is 320 g/mol. The number of carbonyl (C=O) groups excluding carboxylic acids is 1. The van der Waals surface area contributed by atoms with Gasteiger partial charge >= 0.3 is 0 Å². The van der Waals surface area contributed by atoms with Crippen molar-refractivity contribution in [1.29, 1.82) is 0 Å². The second-order valence-corrected chi connectivity index (χ2v) is 7.00. The van der Waals surface area contributed by atoms with E-state index in [2.05, 4.69) is 10.1 Å². The zero-order valence-electron chi connectivity index (χ0n) is 14.0. The Bertz CT molecular complexity index is 522. The molecule has 2 fully saturated rings. The fourth-order valence-electron chi connectivity index (χ4n) is 3.71. The first-order valence-corrected chi connectivity index (χ1v) is 8.80. The van der Waals surface area contributed by atoms with Gasteiger partial charge in [0.05, 0.1) is 12.2 Å². The van der Waals surface area contributed by atoms with E-state index in [-0.39, 0.29) is 11.9 Å². The number of hydrogen-bond acceptors (Lipinski definition) is 5. The molecule has 3 rings (SSSR count). The van der Waals surface area contributed by atoms with E-state index >= 15 is 0 Å².